The Morgan fingerprint density at radius 1 is 1.16 bits per heavy atom. The van der Waals surface area contributed by atoms with Crippen molar-refractivity contribution in [2.75, 3.05) is 19.6 Å². The van der Waals surface area contributed by atoms with Gasteiger partial charge in [0.2, 0.25) is 11.8 Å². The maximum Gasteiger partial charge on any atom is 0.234 e. The molecule has 0 radical (unpaired) electrons. The lowest BCUT2D eigenvalue weighted by molar-refractivity contribution is -0.126. The van der Waals surface area contributed by atoms with Crippen LogP contribution in [-0.4, -0.2) is 41.9 Å². The van der Waals surface area contributed by atoms with Crippen LogP contribution in [0.3, 0.4) is 0 Å². The number of rotatable bonds is 6. The van der Waals surface area contributed by atoms with Crippen LogP contribution in [0.15, 0.2) is 24.3 Å². The molecular weight excluding hydrogens is 314 g/mol. The third kappa shape index (κ3) is 6.16. The van der Waals surface area contributed by atoms with E-state index in [1.54, 1.807) is 0 Å². The van der Waals surface area contributed by atoms with Crippen molar-refractivity contribution in [2.24, 2.45) is 0 Å². The maximum atomic E-state index is 12.5. The van der Waals surface area contributed by atoms with Gasteiger partial charge in [0.1, 0.15) is 0 Å². The number of carbonyl (C=O) groups excluding carboxylic acids is 2. The molecule has 2 N–H and O–H groups in total. The third-order valence-corrected chi connectivity index (χ3v) is 4.40. The minimum Gasteiger partial charge on any atom is -0.350 e. The van der Waals surface area contributed by atoms with E-state index in [4.69, 9.17) is 0 Å². The van der Waals surface area contributed by atoms with E-state index in [0.717, 1.165) is 19.3 Å². The van der Waals surface area contributed by atoms with Crippen LogP contribution in [0.4, 0.5) is 0 Å². The molecule has 25 heavy (non-hydrogen) atoms. The standard InChI is InChI=1S/C20H31N3O2/c1-5-23(14-19(25)22-20(2,3)4)13-18(24)21-17-12-8-10-15-9-6-7-11-16(15)17/h6-7,9,11,17H,5,8,10,12-14H2,1-4H3,(H,21,24)(H,22,25)/t17-/m0/s1. The van der Waals surface area contributed by atoms with Crippen LogP contribution in [0.1, 0.15) is 57.7 Å². The largest absolute Gasteiger partial charge is 0.350 e. The predicted octanol–water partition coefficient (Wildman–Crippen LogP) is 2.42. The van der Waals surface area contributed by atoms with E-state index in [0.29, 0.717) is 6.54 Å². The van der Waals surface area contributed by atoms with Crippen molar-refractivity contribution in [2.45, 2.75) is 58.5 Å². The monoisotopic (exact) mass is 345 g/mol. The Kier molecular flexibility index (Phi) is 6.59. The number of fused-ring (bicyclic) bond motifs is 1. The first-order chi connectivity index (χ1) is 11.8. The molecular formula is C20H31N3O2. The van der Waals surface area contributed by atoms with Crippen molar-refractivity contribution < 1.29 is 9.59 Å². The Morgan fingerprint density at radius 2 is 1.84 bits per heavy atom. The van der Waals surface area contributed by atoms with E-state index in [9.17, 15) is 9.59 Å². The Labute approximate surface area is 151 Å². The van der Waals surface area contributed by atoms with Gasteiger partial charge in [0.15, 0.2) is 0 Å². The zero-order chi connectivity index (χ0) is 18.4. The molecule has 1 atom stereocenters. The van der Waals surface area contributed by atoms with Gasteiger partial charge in [-0.05, 0) is 57.7 Å². The molecule has 0 unspecified atom stereocenters. The number of benzene rings is 1. The number of nitrogens with one attached hydrogen (secondary N) is 2. The van der Waals surface area contributed by atoms with Crippen LogP contribution in [0.25, 0.3) is 0 Å². The van der Waals surface area contributed by atoms with Crippen LogP contribution < -0.4 is 10.6 Å². The fourth-order valence-electron chi connectivity index (χ4n) is 3.29. The van der Waals surface area contributed by atoms with Crippen LogP contribution >= 0.6 is 0 Å². The molecule has 0 fully saturated rings. The summed E-state index contributed by atoms with van der Waals surface area (Å²) in [5.41, 5.74) is 2.30. The maximum absolute atomic E-state index is 12.5. The van der Waals surface area contributed by atoms with Gasteiger partial charge in [0.05, 0.1) is 19.1 Å². The highest BCUT2D eigenvalue weighted by Gasteiger charge is 2.23. The Bertz CT molecular complexity index is 607. The normalized spacial score (nSPS) is 17.1. The van der Waals surface area contributed by atoms with Gasteiger partial charge >= 0.3 is 0 Å². The molecule has 1 aromatic rings. The molecule has 138 valence electrons. The lowest BCUT2D eigenvalue weighted by atomic mass is 9.88. The average molecular weight is 345 g/mol. The molecule has 0 aliphatic heterocycles. The quantitative estimate of drug-likeness (QED) is 0.832. The molecule has 1 aliphatic carbocycles. The summed E-state index contributed by atoms with van der Waals surface area (Å²) in [7, 11) is 0. The summed E-state index contributed by atoms with van der Waals surface area (Å²) < 4.78 is 0. The molecule has 0 spiro atoms. The van der Waals surface area contributed by atoms with E-state index in [2.05, 4.69) is 28.8 Å². The molecule has 5 nitrogen and oxygen atoms in total. The lowest BCUT2D eigenvalue weighted by Gasteiger charge is -2.28. The molecule has 0 bridgehead atoms. The number of amides is 2. The second kappa shape index (κ2) is 8.48. The molecule has 0 saturated heterocycles. The van der Waals surface area contributed by atoms with Gasteiger partial charge in [-0.1, -0.05) is 31.2 Å². The number of nitrogens with zero attached hydrogens (tertiary/aromatic N) is 1. The van der Waals surface area contributed by atoms with Crippen LogP contribution in [0.5, 0.6) is 0 Å². The summed E-state index contributed by atoms with van der Waals surface area (Å²) in [6, 6.07) is 8.41. The first kappa shape index (κ1) is 19.4. The van der Waals surface area contributed by atoms with E-state index in [1.807, 2.05) is 38.7 Å². The smallest absolute Gasteiger partial charge is 0.234 e. The highest BCUT2D eigenvalue weighted by molar-refractivity contribution is 5.81. The van der Waals surface area contributed by atoms with Gasteiger partial charge in [-0.25, -0.2) is 0 Å². The lowest BCUT2D eigenvalue weighted by Crippen LogP contribution is -2.48. The van der Waals surface area contributed by atoms with E-state index >= 15 is 0 Å². The zero-order valence-corrected chi connectivity index (χ0v) is 15.9. The third-order valence-electron chi connectivity index (χ3n) is 4.40. The first-order valence-electron chi connectivity index (χ1n) is 9.19. The van der Waals surface area contributed by atoms with Gasteiger partial charge in [-0.2, -0.15) is 0 Å². The van der Waals surface area contributed by atoms with Crippen molar-refractivity contribution in [1.82, 2.24) is 15.5 Å². The zero-order valence-electron chi connectivity index (χ0n) is 15.9. The second-order valence-corrected chi connectivity index (χ2v) is 7.81. The minimum absolute atomic E-state index is 0.0212. The van der Waals surface area contributed by atoms with Crippen molar-refractivity contribution >= 4 is 11.8 Å². The molecule has 0 aromatic heterocycles. The summed E-state index contributed by atoms with van der Waals surface area (Å²) >= 11 is 0. The van der Waals surface area contributed by atoms with Crippen LogP contribution in [0, 0.1) is 0 Å². The first-order valence-corrected chi connectivity index (χ1v) is 9.19. The van der Waals surface area contributed by atoms with Crippen LogP contribution in [0.2, 0.25) is 0 Å². The average Bonchev–Trinajstić information content (AvgIpc) is 2.52. The van der Waals surface area contributed by atoms with Gasteiger partial charge < -0.3 is 10.6 Å². The highest BCUT2D eigenvalue weighted by atomic mass is 16.2. The summed E-state index contributed by atoms with van der Waals surface area (Å²) in [6.45, 7) is 8.96. The van der Waals surface area contributed by atoms with Crippen molar-refractivity contribution in [3.05, 3.63) is 35.4 Å². The van der Waals surface area contributed by atoms with E-state index in [-0.39, 0.29) is 36.5 Å². The van der Waals surface area contributed by atoms with Gasteiger partial charge in [-0.3, -0.25) is 14.5 Å². The summed E-state index contributed by atoms with van der Waals surface area (Å²) in [6.07, 6.45) is 3.14. The molecule has 1 aliphatic rings. The molecule has 0 saturated carbocycles. The molecule has 0 heterocycles. The second-order valence-electron chi connectivity index (χ2n) is 7.81. The Morgan fingerprint density at radius 3 is 2.52 bits per heavy atom. The number of aryl methyl sites for hydroxylation is 1. The van der Waals surface area contributed by atoms with Gasteiger partial charge in [-0.15, -0.1) is 0 Å². The molecule has 5 heteroatoms. The predicted molar refractivity (Wildman–Crippen MR) is 100 cm³/mol. The van der Waals surface area contributed by atoms with E-state index in [1.165, 1.54) is 11.1 Å². The van der Waals surface area contributed by atoms with Crippen LogP contribution in [-0.2, 0) is 16.0 Å². The summed E-state index contributed by atoms with van der Waals surface area (Å²) in [4.78, 5) is 26.4. The number of hydrogen-bond acceptors (Lipinski definition) is 3. The molecule has 2 amide bonds. The Balaban J connectivity index is 1.89. The minimum atomic E-state index is -0.259. The van der Waals surface area contributed by atoms with E-state index < -0.39 is 0 Å². The highest BCUT2D eigenvalue weighted by Crippen LogP contribution is 2.29. The van der Waals surface area contributed by atoms with Crippen molar-refractivity contribution in [3.8, 4) is 0 Å². The molecule has 2 rings (SSSR count). The summed E-state index contributed by atoms with van der Waals surface area (Å²) in [5, 5.41) is 6.09. The van der Waals surface area contributed by atoms with Crippen molar-refractivity contribution in [3.63, 3.8) is 0 Å². The SMILES string of the molecule is CCN(CC(=O)N[C@H]1CCCc2ccccc21)CC(=O)NC(C)(C)C. The fourth-order valence-corrected chi connectivity index (χ4v) is 3.29. The van der Waals surface area contributed by atoms with Gasteiger partial charge in [0, 0.05) is 5.54 Å². The number of hydrogen-bond donors (Lipinski definition) is 2. The topological polar surface area (TPSA) is 61.4 Å². The van der Waals surface area contributed by atoms with Gasteiger partial charge in [0.25, 0.3) is 0 Å². The number of carbonyl (C=O) groups is 2. The number of likely N-dealkylation sites (N-methyl/N-ethyl adjacent to an activating group) is 1. The molecule has 1 aromatic carbocycles. The van der Waals surface area contributed by atoms with Crippen molar-refractivity contribution in [1.29, 1.82) is 0 Å². The summed E-state index contributed by atoms with van der Waals surface area (Å²) in [5.74, 6) is -0.0720. The Hall–Kier alpha value is -1.88. The fraction of sp³-hybridized carbons (Fsp3) is 0.600.